The van der Waals surface area contributed by atoms with Crippen LogP contribution in [0.1, 0.15) is 24.1 Å². The Morgan fingerprint density at radius 3 is 2.63 bits per heavy atom. The van der Waals surface area contributed by atoms with Crippen LogP contribution in [-0.4, -0.2) is 53.3 Å². The maximum Gasteiger partial charge on any atom is 0.319 e. The average Bonchev–Trinajstić information content (AvgIpc) is 2.70. The van der Waals surface area contributed by atoms with Crippen LogP contribution in [0.2, 0.25) is 0 Å². The second kappa shape index (κ2) is 9.85. The molecular formula is C21H26N4O2. The van der Waals surface area contributed by atoms with Crippen molar-refractivity contribution in [2.45, 2.75) is 18.9 Å². The minimum atomic E-state index is -0.205. The summed E-state index contributed by atoms with van der Waals surface area (Å²) >= 11 is 0. The first-order valence-corrected chi connectivity index (χ1v) is 9.33. The summed E-state index contributed by atoms with van der Waals surface area (Å²) in [5.41, 5.74) is 2.70. The number of anilines is 1. The highest BCUT2D eigenvalue weighted by Gasteiger charge is 2.16. The molecular weight excluding hydrogens is 340 g/mol. The second-order valence-corrected chi connectivity index (χ2v) is 6.66. The molecule has 1 aliphatic heterocycles. The van der Waals surface area contributed by atoms with Crippen LogP contribution in [0.15, 0.2) is 48.7 Å². The first-order chi connectivity index (χ1) is 13.2. The van der Waals surface area contributed by atoms with Gasteiger partial charge in [-0.3, -0.25) is 4.98 Å². The molecule has 2 heterocycles. The van der Waals surface area contributed by atoms with Crippen molar-refractivity contribution < 1.29 is 9.90 Å². The number of hydrogen-bond donors (Lipinski definition) is 3. The van der Waals surface area contributed by atoms with Crippen LogP contribution < -0.4 is 10.6 Å². The molecule has 0 radical (unpaired) electrons. The Balaban J connectivity index is 1.40. The van der Waals surface area contributed by atoms with Crippen molar-refractivity contribution in [3.8, 4) is 0 Å². The SMILES string of the molecule is O=C(NCCN1CCC(O)CC1)Nc1ccc(C=Cc2ccccn2)cc1. The number of nitrogens with one attached hydrogen (secondary N) is 2. The van der Waals surface area contributed by atoms with Gasteiger partial charge in [-0.05, 0) is 48.7 Å². The van der Waals surface area contributed by atoms with Gasteiger partial charge in [0.1, 0.15) is 0 Å². The number of carbonyl (C=O) groups excluding carboxylic acids is 1. The number of hydrogen-bond acceptors (Lipinski definition) is 4. The summed E-state index contributed by atoms with van der Waals surface area (Å²) in [4.78, 5) is 18.5. The Morgan fingerprint density at radius 2 is 1.93 bits per heavy atom. The van der Waals surface area contributed by atoms with Crippen LogP contribution in [0.5, 0.6) is 0 Å². The van der Waals surface area contributed by atoms with E-state index in [0.29, 0.717) is 6.54 Å². The molecule has 6 heteroatoms. The summed E-state index contributed by atoms with van der Waals surface area (Å²) in [7, 11) is 0. The van der Waals surface area contributed by atoms with E-state index in [2.05, 4.69) is 20.5 Å². The fourth-order valence-electron chi connectivity index (χ4n) is 2.98. The summed E-state index contributed by atoms with van der Waals surface area (Å²) in [6, 6.07) is 13.2. The monoisotopic (exact) mass is 366 g/mol. The second-order valence-electron chi connectivity index (χ2n) is 6.66. The number of benzene rings is 1. The highest BCUT2D eigenvalue weighted by molar-refractivity contribution is 5.89. The van der Waals surface area contributed by atoms with Crippen LogP contribution in [0, 0.1) is 0 Å². The normalized spacial score (nSPS) is 15.7. The molecule has 6 nitrogen and oxygen atoms in total. The molecule has 1 fully saturated rings. The van der Waals surface area contributed by atoms with Gasteiger partial charge in [-0.15, -0.1) is 0 Å². The summed E-state index contributed by atoms with van der Waals surface area (Å²) in [6.07, 6.45) is 7.16. The molecule has 0 bridgehead atoms. The summed E-state index contributed by atoms with van der Waals surface area (Å²) < 4.78 is 0. The van der Waals surface area contributed by atoms with Crippen molar-refractivity contribution in [2.75, 3.05) is 31.5 Å². The molecule has 0 saturated carbocycles. The molecule has 1 aliphatic rings. The first kappa shape index (κ1) is 19.1. The fraction of sp³-hybridized carbons (Fsp3) is 0.333. The molecule has 3 N–H and O–H groups in total. The Kier molecular flexibility index (Phi) is 6.96. The summed E-state index contributed by atoms with van der Waals surface area (Å²) in [5.74, 6) is 0. The van der Waals surface area contributed by atoms with Gasteiger partial charge in [0.05, 0.1) is 11.8 Å². The van der Waals surface area contributed by atoms with Crippen molar-refractivity contribution in [3.05, 3.63) is 59.9 Å². The van der Waals surface area contributed by atoms with Gasteiger partial charge >= 0.3 is 6.03 Å². The number of pyridine rings is 1. The maximum absolute atomic E-state index is 12.0. The molecule has 1 saturated heterocycles. The number of nitrogens with zero attached hydrogens (tertiary/aromatic N) is 2. The highest BCUT2D eigenvalue weighted by Crippen LogP contribution is 2.12. The van der Waals surface area contributed by atoms with E-state index in [0.717, 1.165) is 49.4 Å². The molecule has 0 atom stereocenters. The Hall–Kier alpha value is -2.70. The maximum atomic E-state index is 12.0. The van der Waals surface area contributed by atoms with Gasteiger partial charge in [0.15, 0.2) is 0 Å². The predicted molar refractivity (Wildman–Crippen MR) is 108 cm³/mol. The number of aromatic nitrogens is 1. The molecule has 0 unspecified atom stereocenters. The van der Waals surface area contributed by atoms with E-state index in [-0.39, 0.29) is 12.1 Å². The van der Waals surface area contributed by atoms with Gasteiger partial charge in [0, 0.05) is 38.1 Å². The largest absolute Gasteiger partial charge is 0.393 e. The van der Waals surface area contributed by atoms with E-state index in [1.54, 1.807) is 6.20 Å². The fourth-order valence-corrected chi connectivity index (χ4v) is 2.98. The van der Waals surface area contributed by atoms with E-state index in [1.165, 1.54) is 0 Å². The van der Waals surface area contributed by atoms with Gasteiger partial charge < -0.3 is 20.6 Å². The third kappa shape index (κ3) is 6.51. The molecule has 2 aromatic rings. The number of piperidine rings is 1. The summed E-state index contributed by atoms with van der Waals surface area (Å²) in [5, 5.41) is 15.2. The van der Waals surface area contributed by atoms with Crippen LogP contribution in [0.4, 0.5) is 10.5 Å². The van der Waals surface area contributed by atoms with Gasteiger partial charge in [0.2, 0.25) is 0 Å². The van der Waals surface area contributed by atoms with Crippen molar-refractivity contribution in [1.82, 2.24) is 15.2 Å². The predicted octanol–water partition coefficient (Wildman–Crippen LogP) is 2.83. The van der Waals surface area contributed by atoms with E-state index >= 15 is 0 Å². The van der Waals surface area contributed by atoms with Crippen molar-refractivity contribution >= 4 is 23.9 Å². The zero-order valence-electron chi connectivity index (χ0n) is 15.3. The molecule has 0 spiro atoms. The Bertz CT molecular complexity index is 739. The lowest BCUT2D eigenvalue weighted by Crippen LogP contribution is -2.41. The molecule has 3 rings (SSSR count). The van der Waals surface area contributed by atoms with Gasteiger partial charge in [-0.2, -0.15) is 0 Å². The highest BCUT2D eigenvalue weighted by atomic mass is 16.3. The number of aliphatic hydroxyl groups is 1. The van der Waals surface area contributed by atoms with Crippen molar-refractivity contribution in [2.24, 2.45) is 0 Å². The van der Waals surface area contributed by atoms with E-state index in [4.69, 9.17) is 0 Å². The van der Waals surface area contributed by atoms with E-state index in [1.807, 2.05) is 54.6 Å². The third-order valence-electron chi connectivity index (χ3n) is 4.57. The standard InChI is InChI=1S/C21H26N4O2/c26-20-10-14-25(15-11-20)16-13-23-21(27)24-19-8-5-17(6-9-19)4-7-18-3-1-2-12-22-18/h1-9,12,20,26H,10-11,13-16H2,(H2,23,24,27). The Labute approximate surface area is 159 Å². The number of amides is 2. The third-order valence-corrected chi connectivity index (χ3v) is 4.57. The number of likely N-dealkylation sites (tertiary alicyclic amines) is 1. The molecule has 142 valence electrons. The van der Waals surface area contributed by atoms with Crippen LogP contribution in [-0.2, 0) is 0 Å². The number of rotatable bonds is 6. The van der Waals surface area contributed by atoms with Crippen LogP contribution >= 0.6 is 0 Å². The molecule has 1 aromatic heterocycles. The summed E-state index contributed by atoms with van der Waals surface area (Å²) in [6.45, 7) is 3.17. The van der Waals surface area contributed by atoms with Crippen LogP contribution in [0.25, 0.3) is 12.2 Å². The number of carbonyl (C=O) groups is 1. The zero-order chi connectivity index (χ0) is 18.9. The minimum Gasteiger partial charge on any atom is -0.393 e. The minimum absolute atomic E-state index is 0.167. The van der Waals surface area contributed by atoms with Gasteiger partial charge in [-0.1, -0.05) is 24.3 Å². The number of urea groups is 1. The van der Waals surface area contributed by atoms with E-state index < -0.39 is 0 Å². The zero-order valence-corrected chi connectivity index (χ0v) is 15.3. The van der Waals surface area contributed by atoms with Gasteiger partial charge in [0.25, 0.3) is 0 Å². The smallest absolute Gasteiger partial charge is 0.319 e. The van der Waals surface area contributed by atoms with E-state index in [9.17, 15) is 9.90 Å². The van der Waals surface area contributed by atoms with Crippen molar-refractivity contribution in [1.29, 1.82) is 0 Å². The number of aliphatic hydroxyl groups excluding tert-OH is 1. The molecule has 27 heavy (non-hydrogen) atoms. The Morgan fingerprint density at radius 1 is 1.15 bits per heavy atom. The lowest BCUT2D eigenvalue weighted by Gasteiger charge is -2.29. The first-order valence-electron chi connectivity index (χ1n) is 9.33. The molecule has 2 amide bonds. The topological polar surface area (TPSA) is 77.5 Å². The molecule has 0 aliphatic carbocycles. The lowest BCUT2D eigenvalue weighted by molar-refractivity contribution is 0.0833. The van der Waals surface area contributed by atoms with Gasteiger partial charge in [-0.25, -0.2) is 4.79 Å². The molecule has 1 aromatic carbocycles. The lowest BCUT2D eigenvalue weighted by atomic mass is 10.1. The quantitative estimate of drug-likeness (QED) is 0.735. The van der Waals surface area contributed by atoms with Crippen molar-refractivity contribution in [3.63, 3.8) is 0 Å². The average molecular weight is 366 g/mol. The van der Waals surface area contributed by atoms with Crippen LogP contribution in [0.3, 0.4) is 0 Å².